The molecule has 53 heavy (non-hydrogen) atoms. The summed E-state index contributed by atoms with van der Waals surface area (Å²) in [7, 11) is 0. The van der Waals surface area contributed by atoms with Crippen LogP contribution in [-0.2, 0) is 5.41 Å². The van der Waals surface area contributed by atoms with Crippen LogP contribution >= 0.6 is 0 Å². The van der Waals surface area contributed by atoms with E-state index in [9.17, 15) is 0 Å². The molecule has 8 aromatic carbocycles. The van der Waals surface area contributed by atoms with E-state index in [-0.39, 0.29) is 5.41 Å². The average molecular weight is 680 g/mol. The lowest BCUT2D eigenvalue weighted by Gasteiger charge is -2.27. The summed E-state index contributed by atoms with van der Waals surface area (Å²) >= 11 is 0. The zero-order valence-corrected chi connectivity index (χ0v) is 29.8. The number of rotatable bonds is 6. The standard InChI is InChI=1S/C51H37NO/c1-51(2)47-17-8-6-13-43(47)46-33-41(31-32-48(46)51)52(39-27-23-37(24-28-39)36-21-19-35(20-22-36)34-11-4-3-5-12-34)40-29-25-38(26-30-40)42-15-10-16-45-44-14-7-9-18-49(44)53-50(42)45/h3-33H,1-2H3. The van der Waals surface area contributed by atoms with Gasteiger partial charge in [0.15, 0.2) is 0 Å². The molecular weight excluding hydrogens is 643 g/mol. The van der Waals surface area contributed by atoms with Gasteiger partial charge < -0.3 is 9.32 Å². The van der Waals surface area contributed by atoms with E-state index in [1.807, 2.05) is 12.1 Å². The predicted molar refractivity (Wildman–Crippen MR) is 222 cm³/mol. The maximum Gasteiger partial charge on any atom is 0.143 e. The first-order chi connectivity index (χ1) is 26.0. The van der Waals surface area contributed by atoms with Gasteiger partial charge in [-0.3, -0.25) is 0 Å². The number of anilines is 3. The van der Waals surface area contributed by atoms with Crippen LogP contribution in [0.3, 0.4) is 0 Å². The molecule has 0 spiro atoms. The quantitative estimate of drug-likeness (QED) is 0.174. The van der Waals surface area contributed by atoms with Crippen molar-refractivity contribution in [3.63, 3.8) is 0 Å². The Balaban J connectivity index is 1.06. The molecule has 1 aromatic heterocycles. The third kappa shape index (κ3) is 5.18. The number of furan rings is 1. The van der Waals surface area contributed by atoms with Gasteiger partial charge in [-0.1, -0.05) is 159 Å². The first-order valence-electron chi connectivity index (χ1n) is 18.3. The molecular formula is C51H37NO. The Morgan fingerprint density at radius 1 is 0.377 bits per heavy atom. The molecule has 2 heteroatoms. The van der Waals surface area contributed by atoms with Gasteiger partial charge in [0.2, 0.25) is 0 Å². The van der Waals surface area contributed by atoms with Gasteiger partial charge in [0.05, 0.1) is 0 Å². The summed E-state index contributed by atoms with van der Waals surface area (Å²) in [6.45, 7) is 4.67. The van der Waals surface area contributed by atoms with Crippen LogP contribution < -0.4 is 4.90 Å². The van der Waals surface area contributed by atoms with Crippen molar-refractivity contribution < 1.29 is 4.42 Å². The van der Waals surface area contributed by atoms with E-state index in [1.54, 1.807) is 0 Å². The lowest BCUT2D eigenvalue weighted by molar-refractivity contribution is 0.660. The molecule has 0 fully saturated rings. The smallest absolute Gasteiger partial charge is 0.143 e. The van der Waals surface area contributed by atoms with E-state index < -0.39 is 0 Å². The van der Waals surface area contributed by atoms with Gasteiger partial charge in [-0.25, -0.2) is 0 Å². The summed E-state index contributed by atoms with van der Waals surface area (Å²) in [6.07, 6.45) is 0. The molecule has 9 aromatic rings. The van der Waals surface area contributed by atoms with Crippen LogP contribution in [0.2, 0.25) is 0 Å². The average Bonchev–Trinajstić information content (AvgIpc) is 3.71. The summed E-state index contributed by atoms with van der Waals surface area (Å²) in [5, 5.41) is 2.28. The number of nitrogens with zero attached hydrogens (tertiary/aromatic N) is 1. The second-order valence-corrected chi connectivity index (χ2v) is 14.6. The zero-order chi connectivity index (χ0) is 35.5. The van der Waals surface area contributed by atoms with Crippen molar-refractivity contribution in [2.75, 3.05) is 4.90 Å². The van der Waals surface area contributed by atoms with Crippen LogP contribution in [0.1, 0.15) is 25.0 Å². The molecule has 0 atom stereocenters. The van der Waals surface area contributed by atoms with Gasteiger partial charge in [0, 0.05) is 38.8 Å². The largest absolute Gasteiger partial charge is 0.455 e. The van der Waals surface area contributed by atoms with Gasteiger partial charge in [-0.2, -0.15) is 0 Å². The Morgan fingerprint density at radius 2 is 0.887 bits per heavy atom. The first-order valence-corrected chi connectivity index (χ1v) is 18.3. The van der Waals surface area contributed by atoms with Crippen molar-refractivity contribution in [3.8, 4) is 44.5 Å². The molecule has 1 aliphatic carbocycles. The molecule has 0 saturated heterocycles. The number of benzene rings is 8. The van der Waals surface area contributed by atoms with Crippen molar-refractivity contribution in [1.29, 1.82) is 0 Å². The summed E-state index contributed by atoms with van der Waals surface area (Å²) in [6, 6.07) is 67.8. The summed E-state index contributed by atoms with van der Waals surface area (Å²) in [4.78, 5) is 2.38. The molecule has 1 heterocycles. The molecule has 0 unspecified atom stereocenters. The van der Waals surface area contributed by atoms with Gasteiger partial charge in [-0.05, 0) is 92.5 Å². The second kappa shape index (κ2) is 12.3. The van der Waals surface area contributed by atoms with Crippen LogP contribution in [0, 0.1) is 0 Å². The number of fused-ring (bicyclic) bond motifs is 6. The first kappa shape index (κ1) is 31.1. The molecule has 0 bridgehead atoms. The molecule has 252 valence electrons. The van der Waals surface area contributed by atoms with Crippen molar-refractivity contribution in [2.45, 2.75) is 19.3 Å². The minimum absolute atomic E-state index is 0.0493. The third-order valence-corrected chi connectivity index (χ3v) is 11.1. The summed E-state index contributed by atoms with van der Waals surface area (Å²) < 4.78 is 6.41. The molecule has 0 aliphatic heterocycles. The minimum Gasteiger partial charge on any atom is -0.455 e. The van der Waals surface area contributed by atoms with Crippen molar-refractivity contribution in [3.05, 3.63) is 199 Å². The molecule has 0 saturated carbocycles. The van der Waals surface area contributed by atoms with Crippen molar-refractivity contribution >= 4 is 39.0 Å². The fraction of sp³-hybridized carbons (Fsp3) is 0.0588. The molecule has 0 N–H and O–H groups in total. The van der Waals surface area contributed by atoms with Crippen LogP contribution in [0.5, 0.6) is 0 Å². The fourth-order valence-electron chi connectivity index (χ4n) is 8.35. The minimum atomic E-state index is -0.0493. The van der Waals surface area contributed by atoms with Gasteiger partial charge in [0.25, 0.3) is 0 Å². The number of hydrogen-bond donors (Lipinski definition) is 0. The van der Waals surface area contributed by atoms with Crippen molar-refractivity contribution in [1.82, 2.24) is 0 Å². The van der Waals surface area contributed by atoms with Crippen LogP contribution in [0.15, 0.2) is 192 Å². The van der Waals surface area contributed by atoms with E-state index in [0.717, 1.165) is 50.1 Å². The number of hydrogen-bond acceptors (Lipinski definition) is 2. The van der Waals surface area contributed by atoms with Gasteiger partial charge in [0.1, 0.15) is 11.2 Å². The number of para-hydroxylation sites is 2. The summed E-state index contributed by atoms with van der Waals surface area (Å²) in [5.74, 6) is 0. The predicted octanol–water partition coefficient (Wildman–Crippen LogP) is 14.4. The van der Waals surface area contributed by atoms with Crippen LogP contribution in [0.4, 0.5) is 17.1 Å². The van der Waals surface area contributed by atoms with E-state index in [2.05, 4.69) is 195 Å². The third-order valence-electron chi connectivity index (χ3n) is 11.1. The highest BCUT2D eigenvalue weighted by Crippen LogP contribution is 2.50. The highest BCUT2D eigenvalue weighted by molar-refractivity contribution is 6.09. The lowest BCUT2D eigenvalue weighted by atomic mass is 9.82. The second-order valence-electron chi connectivity index (χ2n) is 14.6. The Bertz CT molecular complexity index is 2770. The highest BCUT2D eigenvalue weighted by atomic mass is 16.3. The highest BCUT2D eigenvalue weighted by Gasteiger charge is 2.35. The van der Waals surface area contributed by atoms with E-state index in [4.69, 9.17) is 4.42 Å². The Kier molecular flexibility index (Phi) is 7.19. The molecule has 1 aliphatic rings. The van der Waals surface area contributed by atoms with E-state index in [1.165, 1.54) is 44.5 Å². The molecule has 2 nitrogen and oxygen atoms in total. The van der Waals surface area contributed by atoms with Gasteiger partial charge >= 0.3 is 0 Å². The Morgan fingerprint density at radius 3 is 1.60 bits per heavy atom. The van der Waals surface area contributed by atoms with E-state index in [0.29, 0.717) is 0 Å². The SMILES string of the molecule is CC1(C)c2ccccc2-c2cc(N(c3ccc(-c4ccc(-c5ccccc5)cc4)cc3)c3ccc(-c4cccc5c4oc4ccccc45)cc3)ccc21. The normalized spacial score (nSPS) is 12.9. The summed E-state index contributed by atoms with van der Waals surface area (Å²) in [5.41, 5.74) is 17.5. The van der Waals surface area contributed by atoms with Crippen molar-refractivity contribution in [2.24, 2.45) is 0 Å². The maximum atomic E-state index is 6.41. The van der Waals surface area contributed by atoms with Crippen LogP contribution in [-0.4, -0.2) is 0 Å². The molecule has 0 amide bonds. The fourth-order valence-corrected chi connectivity index (χ4v) is 8.35. The lowest BCUT2D eigenvalue weighted by Crippen LogP contribution is -2.15. The monoisotopic (exact) mass is 679 g/mol. The Labute approximate surface area is 310 Å². The molecule has 10 rings (SSSR count). The maximum absolute atomic E-state index is 6.41. The Hall–Kier alpha value is -6.64. The van der Waals surface area contributed by atoms with E-state index >= 15 is 0 Å². The topological polar surface area (TPSA) is 16.4 Å². The van der Waals surface area contributed by atoms with Gasteiger partial charge in [-0.15, -0.1) is 0 Å². The molecule has 0 radical (unpaired) electrons. The van der Waals surface area contributed by atoms with Crippen LogP contribution in [0.25, 0.3) is 66.4 Å². The zero-order valence-electron chi connectivity index (χ0n) is 29.8.